The van der Waals surface area contributed by atoms with E-state index in [1.165, 1.54) is 0 Å². The van der Waals surface area contributed by atoms with Gasteiger partial charge in [0.15, 0.2) is 6.29 Å². The molecule has 2 aliphatic rings. The second-order valence-corrected chi connectivity index (χ2v) is 4.01. The van der Waals surface area contributed by atoms with E-state index in [0.29, 0.717) is 18.8 Å². The van der Waals surface area contributed by atoms with E-state index in [-0.39, 0.29) is 11.9 Å². The fourth-order valence-corrected chi connectivity index (χ4v) is 2.45. The number of fused-ring (bicyclic) bond motifs is 1. The van der Waals surface area contributed by atoms with Crippen molar-refractivity contribution in [3.05, 3.63) is 0 Å². The Hall–Kier alpha value is -0.900. The highest BCUT2D eigenvalue weighted by atomic mass is 16.2. The standard InChI is InChI=1S/C10H15N2O2/c13-6-3-8-1-2-10(14)12-5-4-11-7-9(8)12/h8-9,11H,1-5,7H2. The summed E-state index contributed by atoms with van der Waals surface area (Å²) in [4.78, 5) is 23.9. The molecule has 77 valence electrons. The summed E-state index contributed by atoms with van der Waals surface area (Å²) in [6.45, 7) is 2.50. The van der Waals surface area contributed by atoms with Gasteiger partial charge in [-0.1, -0.05) is 0 Å². The summed E-state index contributed by atoms with van der Waals surface area (Å²) < 4.78 is 0. The third-order valence-corrected chi connectivity index (χ3v) is 3.22. The van der Waals surface area contributed by atoms with Crippen molar-refractivity contribution in [2.45, 2.75) is 25.3 Å². The van der Waals surface area contributed by atoms with E-state index in [1.807, 2.05) is 11.2 Å². The number of hydrogen-bond acceptors (Lipinski definition) is 3. The maximum absolute atomic E-state index is 11.6. The monoisotopic (exact) mass is 195 g/mol. The number of piperidine rings is 1. The highest BCUT2D eigenvalue weighted by Gasteiger charge is 2.36. The van der Waals surface area contributed by atoms with Crippen LogP contribution < -0.4 is 5.32 Å². The van der Waals surface area contributed by atoms with Crippen LogP contribution in [-0.4, -0.2) is 42.8 Å². The molecular formula is C10H15N2O2. The van der Waals surface area contributed by atoms with Gasteiger partial charge in [-0.2, -0.15) is 0 Å². The number of carbonyl (C=O) groups excluding carboxylic acids is 2. The number of carbonyl (C=O) groups is 1. The van der Waals surface area contributed by atoms with Gasteiger partial charge in [0.1, 0.15) is 0 Å². The van der Waals surface area contributed by atoms with Crippen LogP contribution in [0.5, 0.6) is 0 Å². The number of nitrogens with one attached hydrogen (secondary N) is 1. The SMILES string of the molecule is O=[C]CC1CCC(=O)N2CCNCC12. The molecule has 1 amide bonds. The van der Waals surface area contributed by atoms with E-state index >= 15 is 0 Å². The Morgan fingerprint density at radius 1 is 1.57 bits per heavy atom. The molecule has 2 aliphatic heterocycles. The molecule has 4 nitrogen and oxygen atoms in total. The van der Waals surface area contributed by atoms with Crippen molar-refractivity contribution in [1.82, 2.24) is 10.2 Å². The van der Waals surface area contributed by atoms with E-state index in [9.17, 15) is 9.59 Å². The minimum atomic E-state index is 0.228. The molecule has 0 aromatic heterocycles. The van der Waals surface area contributed by atoms with Crippen LogP contribution in [0.3, 0.4) is 0 Å². The first-order chi connectivity index (χ1) is 6.83. The molecule has 1 N–H and O–H groups in total. The Morgan fingerprint density at radius 2 is 2.43 bits per heavy atom. The molecule has 2 fully saturated rings. The lowest BCUT2D eigenvalue weighted by atomic mass is 9.85. The average molecular weight is 195 g/mol. The van der Waals surface area contributed by atoms with E-state index in [4.69, 9.17) is 0 Å². The summed E-state index contributed by atoms with van der Waals surface area (Å²) in [6, 6.07) is 0.228. The van der Waals surface area contributed by atoms with Crippen LogP contribution >= 0.6 is 0 Å². The summed E-state index contributed by atoms with van der Waals surface area (Å²) >= 11 is 0. The van der Waals surface area contributed by atoms with Crippen molar-refractivity contribution in [2.24, 2.45) is 5.92 Å². The Balaban J connectivity index is 2.07. The van der Waals surface area contributed by atoms with Crippen molar-refractivity contribution in [1.29, 1.82) is 0 Å². The maximum atomic E-state index is 11.6. The molecule has 0 saturated carbocycles. The van der Waals surface area contributed by atoms with E-state index in [1.54, 1.807) is 0 Å². The van der Waals surface area contributed by atoms with Crippen LogP contribution in [0.4, 0.5) is 0 Å². The topological polar surface area (TPSA) is 49.4 Å². The first-order valence-electron chi connectivity index (χ1n) is 5.18. The molecule has 0 bridgehead atoms. The lowest BCUT2D eigenvalue weighted by Crippen LogP contribution is -2.58. The first kappa shape index (κ1) is 9.65. The minimum absolute atomic E-state index is 0.228. The minimum Gasteiger partial charge on any atom is -0.337 e. The summed E-state index contributed by atoms with van der Waals surface area (Å²) in [5.74, 6) is 0.566. The molecule has 0 aromatic carbocycles. The molecular weight excluding hydrogens is 180 g/mol. The van der Waals surface area contributed by atoms with Crippen LogP contribution in [0.25, 0.3) is 0 Å². The number of rotatable bonds is 2. The molecule has 2 saturated heterocycles. The van der Waals surface area contributed by atoms with Gasteiger partial charge in [0, 0.05) is 38.5 Å². The molecule has 1 radical (unpaired) electrons. The Bertz CT molecular complexity index is 242. The van der Waals surface area contributed by atoms with Crippen LogP contribution in [0.2, 0.25) is 0 Å². The van der Waals surface area contributed by atoms with Crippen molar-refractivity contribution in [2.75, 3.05) is 19.6 Å². The molecule has 0 spiro atoms. The zero-order valence-corrected chi connectivity index (χ0v) is 8.16. The zero-order chi connectivity index (χ0) is 9.97. The Labute approximate surface area is 83.6 Å². The highest BCUT2D eigenvalue weighted by molar-refractivity contribution is 5.77. The van der Waals surface area contributed by atoms with Crippen LogP contribution in [-0.2, 0) is 9.59 Å². The maximum Gasteiger partial charge on any atom is 0.222 e. The number of hydrogen-bond donors (Lipinski definition) is 1. The summed E-state index contributed by atoms with van der Waals surface area (Å²) in [5.41, 5.74) is 0. The lowest BCUT2D eigenvalue weighted by Gasteiger charge is -2.43. The summed E-state index contributed by atoms with van der Waals surface area (Å²) in [7, 11) is 0. The third kappa shape index (κ3) is 1.66. The molecule has 2 unspecified atom stereocenters. The van der Waals surface area contributed by atoms with Gasteiger partial charge >= 0.3 is 0 Å². The van der Waals surface area contributed by atoms with Gasteiger partial charge in [-0.15, -0.1) is 0 Å². The Morgan fingerprint density at radius 3 is 3.21 bits per heavy atom. The van der Waals surface area contributed by atoms with Gasteiger partial charge in [-0.3, -0.25) is 9.59 Å². The zero-order valence-electron chi connectivity index (χ0n) is 8.16. The second kappa shape index (κ2) is 4.09. The molecule has 2 heterocycles. The van der Waals surface area contributed by atoms with Gasteiger partial charge in [-0.25, -0.2) is 0 Å². The third-order valence-electron chi connectivity index (χ3n) is 3.22. The molecule has 0 aliphatic carbocycles. The highest BCUT2D eigenvalue weighted by Crippen LogP contribution is 2.27. The molecule has 0 aromatic rings. The fourth-order valence-electron chi connectivity index (χ4n) is 2.45. The first-order valence-corrected chi connectivity index (χ1v) is 5.18. The van der Waals surface area contributed by atoms with Crippen LogP contribution in [0.1, 0.15) is 19.3 Å². The van der Waals surface area contributed by atoms with E-state index in [2.05, 4.69) is 5.32 Å². The molecule has 4 heteroatoms. The van der Waals surface area contributed by atoms with Gasteiger partial charge in [0.25, 0.3) is 0 Å². The fraction of sp³-hybridized carbons (Fsp3) is 0.800. The lowest BCUT2D eigenvalue weighted by molar-refractivity contribution is -0.139. The normalized spacial score (nSPS) is 32.6. The summed E-state index contributed by atoms with van der Waals surface area (Å²) in [5, 5.41) is 3.27. The van der Waals surface area contributed by atoms with Crippen LogP contribution in [0.15, 0.2) is 0 Å². The predicted octanol–water partition coefficient (Wildman–Crippen LogP) is -0.303. The molecule has 2 rings (SSSR count). The summed E-state index contributed by atoms with van der Waals surface area (Å²) in [6.07, 6.45) is 3.88. The number of piperazine rings is 1. The number of nitrogens with zero attached hydrogens (tertiary/aromatic N) is 1. The largest absolute Gasteiger partial charge is 0.337 e. The Kier molecular flexibility index (Phi) is 2.82. The van der Waals surface area contributed by atoms with Crippen molar-refractivity contribution < 1.29 is 9.59 Å². The predicted molar refractivity (Wildman–Crippen MR) is 51.4 cm³/mol. The van der Waals surface area contributed by atoms with Gasteiger partial charge in [0.2, 0.25) is 5.91 Å². The second-order valence-electron chi connectivity index (χ2n) is 4.01. The molecule has 2 atom stereocenters. The average Bonchev–Trinajstić information content (AvgIpc) is 2.23. The van der Waals surface area contributed by atoms with Crippen molar-refractivity contribution >= 4 is 12.2 Å². The van der Waals surface area contributed by atoms with E-state index in [0.717, 1.165) is 26.1 Å². The van der Waals surface area contributed by atoms with Gasteiger partial charge in [-0.05, 0) is 12.3 Å². The van der Waals surface area contributed by atoms with Gasteiger partial charge in [0.05, 0.1) is 0 Å². The van der Waals surface area contributed by atoms with Crippen molar-refractivity contribution in [3.63, 3.8) is 0 Å². The smallest absolute Gasteiger partial charge is 0.222 e. The van der Waals surface area contributed by atoms with Crippen LogP contribution in [0, 0.1) is 5.92 Å². The quantitative estimate of drug-likeness (QED) is 0.658. The number of amides is 1. The van der Waals surface area contributed by atoms with Gasteiger partial charge < -0.3 is 10.2 Å². The molecule has 14 heavy (non-hydrogen) atoms. The van der Waals surface area contributed by atoms with Crippen molar-refractivity contribution in [3.8, 4) is 0 Å². The van der Waals surface area contributed by atoms with E-state index < -0.39 is 0 Å².